The van der Waals surface area contributed by atoms with Crippen LogP contribution >= 0.6 is 0 Å². The molecule has 0 amide bonds. The number of hydrogen-bond acceptors (Lipinski definition) is 5. The summed E-state index contributed by atoms with van der Waals surface area (Å²) >= 11 is 0. The Hall–Kier alpha value is -2.89. The lowest BCUT2D eigenvalue weighted by atomic mass is 9.94. The lowest BCUT2D eigenvalue weighted by Gasteiger charge is -2.30. The van der Waals surface area contributed by atoms with Crippen molar-refractivity contribution in [2.24, 2.45) is 0 Å². The molecule has 3 N–H and O–H groups in total. The SMILES string of the molecule is C=C(NC(Cc1ccccc1)C(O)CNC1CCCCC1)c1cc(/C(=C\C)CC)cc(N(C)C)c1.C=O.CCCC. The van der Waals surface area contributed by atoms with Crippen molar-refractivity contribution in [1.82, 2.24) is 10.6 Å². The van der Waals surface area contributed by atoms with Crippen molar-refractivity contribution >= 4 is 23.7 Å². The molecule has 5 nitrogen and oxygen atoms in total. The van der Waals surface area contributed by atoms with E-state index in [0.717, 1.165) is 29.8 Å². The Morgan fingerprint density at radius 3 is 2.15 bits per heavy atom. The fourth-order valence-corrected chi connectivity index (χ4v) is 5.00. The van der Waals surface area contributed by atoms with Crippen LogP contribution in [0.5, 0.6) is 0 Å². The van der Waals surface area contributed by atoms with Gasteiger partial charge in [0.05, 0.1) is 12.1 Å². The first-order chi connectivity index (χ1) is 19.8. The highest BCUT2D eigenvalue weighted by Gasteiger charge is 2.23. The van der Waals surface area contributed by atoms with Gasteiger partial charge in [0.2, 0.25) is 0 Å². The molecule has 0 aromatic heterocycles. The first-order valence-corrected chi connectivity index (χ1v) is 15.5. The van der Waals surface area contributed by atoms with Crippen molar-refractivity contribution in [3.63, 3.8) is 0 Å². The molecule has 1 aliphatic rings. The minimum Gasteiger partial charge on any atom is -0.390 e. The van der Waals surface area contributed by atoms with E-state index in [4.69, 9.17) is 4.79 Å². The number of aliphatic hydroxyl groups is 1. The summed E-state index contributed by atoms with van der Waals surface area (Å²) in [4.78, 5) is 10.1. The van der Waals surface area contributed by atoms with Crippen LogP contribution in [0.4, 0.5) is 5.69 Å². The Morgan fingerprint density at radius 2 is 1.61 bits per heavy atom. The number of carbonyl (C=O) groups is 1. The van der Waals surface area contributed by atoms with Gasteiger partial charge >= 0.3 is 0 Å². The molecule has 228 valence electrons. The summed E-state index contributed by atoms with van der Waals surface area (Å²) < 4.78 is 0. The van der Waals surface area contributed by atoms with Gasteiger partial charge in [0.15, 0.2) is 0 Å². The minimum absolute atomic E-state index is 0.139. The van der Waals surface area contributed by atoms with E-state index in [2.05, 4.69) is 112 Å². The molecule has 3 rings (SSSR count). The highest BCUT2D eigenvalue weighted by molar-refractivity contribution is 5.75. The first-order valence-electron chi connectivity index (χ1n) is 15.5. The van der Waals surface area contributed by atoms with Gasteiger partial charge in [-0.25, -0.2) is 0 Å². The van der Waals surface area contributed by atoms with Crippen LogP contribution in [0.3, 0.4) is 0 Å². The second kappa shape index (κ2) is 20.9. The van der Waals surface area contributed by atoms with Crippen LogP contribution in [0.25, 0.3) is 11.3 Å². The number of unbranched alkanes of at least 4 members (excludes halogenated alkanes) is 1. The van der Waals surface area contributed by atoms with Gasteiger partial charge in [0.1, 0.15) is 6.79 Å². The number of nitrogens with one attached hydrogen (secondary N) is 2. The van der Waals surface area contributed by atoms with Gasteiger partial charge in [-0.3, -0.25) is 0 Å². The predicted octanol–water partition coefficient (Wildman–Crippen LogP) is 7.64. The van der Waals surface area contributed by atoms with Crippen molar-refractivity contribution < 1.29 is 9.90 Å². The molecule has 0 radical (unpaired) electrons. The van der Waals surface area contributed by atoms with Crippen molar-refractivity contribution in [1.29, 1.82) is 0 Å². The molecule has 2 atom stereocenters. The minimum atomic E-state index is -0.521. The van der Waals surface area contributed by atoms with Crippen molar-refractivity contribution in [3.05, 3.63) is 77.9 Å². The van der Waals surface area contributed by atoms with Gasteiger partial charge in [0, 0.05) is 38.1 Å². The molecule has 0 heterocycles. The number of hydrogen-bond donors (Lipinski definition) is 3. The third kappa shape index (κ3) is 13.1. The number of carbonyl (C=O) groups excluding carboxylic acids is 1. The molecule has 0 bridgehead atoms. The lowest BCUT2D eigenvalue weighted by molar-refractivity contribution is -0.0980. The zero-order chi connectivity index (χ0) is 30.6. The third-order valence-electron chi connectivity index (χ3n) is 7.73. The standard InChI is InChI=1S/C31H45N3O.C4H10.CH2O/c1-6-25(7-2)27-19-26(20-29(21-27)34(4)5)23(3)33-30(18-24-14-10-8-11-15-24)31(35)22-32-28-16-12-9-13-17-28;1-3-4-2;1-2/h6,8,10-11,14-15,19-21,28,30-33,35H,3,7,9,12-13,16-18,22H2,1-2,4-5H3;3-4H2,1-2H3;1H2/b25-6-;;. The summed E-state index contributed by atoms with van der Waals surface area (Å²) in [6.07, 6.45) is 12.3. The summed E-state index contributed by atoms with van der Waals surface area (Å²) in [5, 5.41) is 18.5. The number of rotatable bonds is 13. The summed E-state index contributed by atoms with van der Waals surface area (Å²) in [5.41, 5.74) is 6.80. The van der Waals surface area contributed by atoms with Gasteiger partial charge in [-0.05, 0) is 73.1 Å². The highest BCUT2D eigenvalue weighted by Crippen LogP contribution is 2.28. The van der Waals surface area contributed by atoms with E-state index in [1.54, 1.807) is 0 Å². The van der Waals surface area contributed by atoms with E-state index in [1.165, 1.54) is 61.6 Å². The van der Waals surface area contributed by atoms with Crippen molar-refractivity contribution in [2.75, 3.05) is 25.5 Å². The monoisotopic (exact) mass is 563 g/mol. The van der Waals surface area contributed by atoms with Gasteiger partial charge in [0.25, 0.3) is 0 Å². The molecule has 1 aliphatic carbocycles. The first kappa shape index (κ1) is 36.1. The zero-order valence-corrected chi connectivity index (χ0v) is 26.7. The van der Waals surface area contributed by atoms with Gasteiger partial charge < -0.3 is 25.4 Å². The summed E-state index contributed by atoms with van der Waals surface area (Å²) in [5.74, 6) is 0. The smallest absolute Gasteiger partial charge is 0.106 e. The number of nitrogens with zero attached hydrogens (tertiary/aromatic N) is 1. The normalized spacial score (nSPS) is 15.0. The van der Waals surface area contributed by atoms with Crippen LogP contribution in [-0.2, 0) is 11.2 Å². The number of aliphatic hydroxyl groups excluding tert-OH is 1. The average molecular weight is 564 g/mol. The van der Waals surface area contributed by atoms with Gasteiger partial charge in [-0.2, -0.15) is 0 Å². The van der Waals surface area contributed by atoms with Gasteiger partial charge in [-0.1, -0.05) is 95.9 Å². The quantitative estimate of drug-likeness (QED) is 0.234. The molecule has 0 saturated heterocycles. The molecule has 2 unspecified atom stereocenters. The number of allylic oxidation sites excluding steroid dienone is 2. The van der Waals surface area contributed by atoms with E-state index >= 15 is 0 Å². The largest absolute Gasteiger partial charge is 0.390 e. The second-order valence-electron chi connectivity index (χ2n) is 11.1. The fraction of sp³-hybridized carbons (Fsp3) is 0.528. The number of benzene rings is 2. The van der Waals surface area contributed by atoms with Crippen molar-refractivity contribution in [2.45, 2.75) is 104 Å². The van der Waals surface area contributed by atoms with Gasteiger partial charge in [-0.15, -0.1) is 0 Å². The van der Waals surface area contributed by atoms with E-state index in [0.29, 0.717) is 12.6 Å². The molecule has 2 aromatic carbocycles. The lowest BCUT2D eigenvalue weighted by Crippen LogP contribution is -2.47. The van der Waals surface area contributed by atoms with Crippen LogP contribution in [0.15, 0.2) is 61.2 Å². The fourth-order valence-electron chi connectivity index (χ4n) is 5.00. The zero-order valence-electron chi connectivity index (χ0n) is 26.7. The topological polar surface area (TPSA) is 64.6 Å². The molecule has 1 fully saturated rings. The van der Waals surface area contributed by atoms with Crippen LogP contribution < -0.4 is 15.5 Å². The summed E-state index contributed by atoms with van der Waals surface area (Å²) in [7, 11) is 4.14. The van der Waals surface area contributed by atoms with E-state index in [-0.39, 0.29) is 6.04 Å². The Balaban J connectivity index is 0.00000129. The van der Waals surface area contributed by atoms with E-state index in [9.17, 15) is 5.11 Å². The summed E-state index contributed by atoms with van der Waals surface area (Å²) in [6, 6.07) is 17.4. The average Bonchev–Trinajstić information content (AvgIpc) is 3.02. The van der Waals surface area contributed by atoms with Crippen molar-refractivity contribution in [3.8, 4) is 0 Å². The highest BCUT2D eigenvalue weighted by atomic mass is 16.3. The maximum atomic E-state index is 11.3. The van der Waals surface area contributed by atoms with E-state index in [1.807, 2.05) is 12.9 Å². The maximum Gasteiger partial charge on any atom is 0.106 e. The van der Waals surface area contributed by atoms with Crippen LogP contribution in [-0.4, -0.2) is 50.7 Å². The molecule has 5 heteroatoms. The molecule has 2 aromatic rings. The predicted molar refractivity (Wildman–Crippen MR) is 179 cm³/mol. The molecule has 41 heavy (non-hydrogen) atoms. The number of anilines is 1. The molecule has 0 spiro atoms. The second-order valence-corrected chi connectivity index (χ2v) is 11.1. The molecular formula is C36H57N3O2. The van der Waals surface area contributed by atoms with E-state index < -0.39 is 6.10 Å². The Labute approximate surface area is 251 Å². The molecular weight excluding hydrogens is 506 g/mol. The Kier molecular flexibility index (Phi) is 18.4. The third-order valence-corrected chi connectivity index (χ3v) is 7.73. The van der Waals surface area contributed by atoms with Crippen LogP contribution in [0.2, 0.25) is 0 Å². The Morgan fingerprint density at radius 1 is 1.00 bits per heavy atom. The maximum absolute atomic E-state index is 11.3. The Bertz CT molecular complexity index is 1010. The molecule has 1 saturated carbocycles. The van der Waals surface area contributed by atoms with Crippen LogP contribution in [0, 0.1) is 0 Å². The van der Waals surface area contributed by atoms with Crippen LogP contribution in [0.1, 0.15) is 95.8 Å². The summed E-state index contributed by atoms with van der Waals surface area (Å²) in [6.45, 7) is 15.6. The molecule has 0 aliphatic heterocycles.